The zero-order valence-corrected chi connectivity index (χ0v) is 7.00. The third-order valence-corrected chi connectivity index (χ3v) is 1.36. The van der Waals surface area contributed by atoms with Crippen LogP contribution in [0.2, 0.25) is 0 Å². The van der Waals surface area contributed by atoms with E-state index in [0.29, 0.717) is 5.57 Å². The minimum Gasteiger partial charge on any atom is -0.481 e. The third kappa shape index (κ3) is 3.61. The molecule has 0 heterocycles. The Morgan fingerprint density at radius 1 is 1.73 bits per heavy atom. The summed E-state index contributed by atoms with van der Waals surface area (Å²) in [5, 5.41) is 8.66. The van der Waals surface area contributed by atoms with Gasteiger partial charge in [-0.05, 0) is 13.3 Å². The Hall–Kier alpha value is -1.05. The first-order valence-electron chi connectivity index (χ1n) is 3.64. The van der Waals surface area contributed by atoms with Crippen molar-refractivity contribution in [2.75, 3.05) is 0 Å². The monoisotopic (exact) mass is 154 g/mol. The molecule has 0 bridgehead atoms. The summed E-state index contributed by atoms with van der Waals surface area (Å²) < 4.78 is 0. The average Bonchev–Trinajstić information content (AvgIpc) is 1.87. The fourth-order valence-corrected chi connectivity index (χ4v) is 0.730. The van der Waals surface area contributed by atoms with Gasteiger partial charge in [-0.2, -0.15) is 0 Å². The molecule has 11 heavy (non-hydrogen) atoms. The topological polar surface area (TPSA) is 37.3 Å². The molecule has 0 saturated heterocycles. The lowest BCUT2D eigenvalue weighted by molar-refractivity contribution is -0.138. The highest BCUT2D eigenvalue weighted by Gasteiger charge is 2.12. The summed E-state index contributed by atoms with van der Waals surface area (Å²) in [4.78, 5) is 10.5. The largest absolute Gasteiger partial charge is 0.481 e. The molecule has 2 heteroatoms. The third-order valence-electron chi connectivity index (χ3n) is 1.36. The SMILES string of the molecule is C=C(C)[C@@H](/C=C/CC)C(=O)O. The number of carbonyl (C=O) groups is 1. The van der Waals surface area contributed by atoms with Gasteiger partial charge < -0.3 is 5.11 Å². The molecule has 0 unspecified atom stereocenters. The first kappa shape index (κ1) is 9.95. The first-order chi connectivity index (χ1) is 5.09. The molecular formula is C9H14O2. The van der Waals surface area contributed by atoms with Crippen molar-refractivity contribution >= 4 is 5.97 Å². The number of hydrogen-bond acceptors (Lipinski definition) is 1. The summed E-state index contributed by atoms with van der Waals surface area (Å²) in [7, 11) is 0. The highest BCUT2D eigenvalue weighted by molar-refractivity contribution is 5.75. The minimum atomic E-state index is -0.831. The normalized spacial score (nSPS) is 13.3. The number of aliphatic carboxylic acids is 1. The predicted octanol–water partition coefficient (Wildman–Crippen LogP) is 2.23. The molecule has 0 radical (unpaired) electrons. The molecule has 0 aromatic rings. The number of hydrogen-bond donors (Lipinski definition) is 1. The lowest BCUT2D eigenvalue weighted by Gasteiger charge is -2.04. The van der Waals surface area contributed by atoms with E-state index in [1.165, 1.54) is 0 Å². The van der Waals surface area contributed by atoms with Crippen molar-refractivity contribution in [2.45, 2.75) is 20.3 Å². The van der Waals surface area contributed by atoms with Gasteiger partial charge in [-0.3, -0.25) is 4.79 Å². The van der Waals surface area contributed by atoms with Crippen LogP contribution in [-0.4, -0.2) is 11.1 Å². The van der Waals surface area contributed by atoms with Crippen LogP contribution in [0.5, 0.6) is 0 Å². The van der Waals surface area contributed by atoms with Crippen molar-refractivity contribution in [1.82, 2.24) is 0 Å². The van der Waals surface area contributed by atoms with Gasteiger partial charge in [-0.15, -0.1) is 0 Å². The van der Waals surface area contributed by atoms with Crippen molar-refractivity contribution in [3.8, 4) is 0 Å². The molecule has 0 fully saturated rings. The number of carboxylic acid groups (broad SMARTS) is 1. The van der Waals surface area contributed by atoms with Gasteiger partial charge in [0.2, 0.25) is 0 Å². The van der Waals surface area contributed by atoms with Gasteiger partial charge in [0.05, 0.1) is 5.92 Å². The molecule has 0 aromatic carbocycles. The van der Waals surface area contributed by atoms with E-state index in [1.54, 1.807) is 13.0 Å². The van der Waals surface area contributed by atoms with Crippen LogP contribution in [-0.2, 0) is 4.79 Å². The van der Waals surface area contributed by atoms with Crippen LogP contribution in [0.15, 0.2) is 24.3 Å². The fourth-order valence-electron chi connectivity index (χ4n) is 0.730. The maximum absolute atomic E-state index is 10.5. The molecule has 0 aromatic heterocycles. The molecule has 1 atom stereocenters. The van der Waals surface area contributed by atoms with Crippen LogP contribution in [0.1, 0.15) is 20.3 Å². The predicted molar refractivity (Wildman–Crippen MR) is 45.4 cm³/mol. The maximum Gasteiger partial charge on any atom is 0.314 e. The fraction of sp³-hybridized carbons (Fsp3) is 0.444. The Bertz CT molecular complexity index is 166. The zero-order valence-electron chi connectivity index (χ0n) is 7.00. The highest BCUT2D eigenvalue weighted by Crippen LogP contribution is 2.10. The van der Waals surface area contributed by atoms with E-state index in [0.717, 1.165) is 6.42 Å². The molecular weight excluding hydrogens is 140 g/mol. The molecule has 0 aliphatic carbocycles. The van der Waals surface area contributed by atoms with E-state index in [-0.39, 0.29) is 0 Å². The van der Waals surface area contributed by atoms with Gasteiger partial charge in [0.15, 0.2) is 0 Å². The molecule has 0 aliphatic rings. The molecule has 62 valence electrons. The van der Waals surface area contributed by atoms with Gasteiger partial charge in [-0.1, -0.05) is 31.2 Å². The summed E-state index contributed by atoms with van der Waals surface area (Å²) in [6.07, 6.45) is 4.37. The van der Waals surface area contributed by atoms with E-state index in [1.807, 2.05) is 13.0 Å². The maximum atomic E-state index is 10.5. The number of allylic oxidation sites excluding steroid dienone is 1. The van der Waals surface area contributed by atoms with Crippen molar-refractivity contribution in [3.05, 3.63) is 24.3 Å². The quantitative estimate of drug-likeness (QED) is 0.630. The summed E-state index contributed by atoms with van der Waals surface area (Å²) in [5.74, 6) is -1.35. The summed E-state index contributed by atoms with van der Waals surface area (Å²) in [5.41, 5.74) is 0.669. The average molecular weight is 154 g/mol. The zero-order chi connectivity index (χ0) is 8.85. The molecule has 0 aliphatic heterocycles. The standard InChI is InChI=1S/C9H14O2/c1-4-5-6-8(7(2)3)9(10)11/h5-6,8H,2,4H2,1,3H3,(H,10,11)/b6-5+/t8-/m1/s1. The summed E-state index contributed by atoms with van der Waals surface area (Å²) in [6, 6.07) is 0. The second kappa shape index (κ2) is 4.72. The highest BCUT2D eigenvalue weighted by atomic mass is 16.4. The van der Waals surface area contributed by atoms with Crippen molar-refractivity contribution in [2.24, 2.45) is 5.92 Å². The second-order valence-electron chi connectivity index (χ2n) is 2.50. The van der Waals surface area contributed by atoms with Crippen LogP contribution in [0, 0.1) is 5.92 Å². The molecule has 0 rings (SSSR count). The van der Waals surface area contributed by atoms with Gasteiger partial charge in [0.1, 0.15) is 0 Å². The Morgan fingerprint density at radius 2 is 2.27 bits per heavy atom. The van der Waals surface area contributed by atoms with Crippen molar-refractivity contribution in [1.29, 1.82) is 0 Å². The van der Waals surface area contributed by atoms with Gasteiger partial charge in [0.25, 0.3) is 0 Å². The van der Waals surface area contributed by atoms with E-state index in [4.69, 9.17) is 5.11 Å². The minimum absolute atomic E-state index is 0.519. The van der Waals surface area contributed by atoms with Crippen molar-refractivity contribution in [3.63, 3.8) is 0 Å². The van der Waals surface area contributed by atoms with Gasteiger partial charge in [-0.25, -0.2) is 0 Å². The smallest absolute Gasteiger partial charge is 0.314 e. The number of carboxylic acids is 1. The Kier molecular flexibility index (Phi) is 4.27. The Morgan fingerprint density at radius 3 is 2.55 bits per heavy atom. The molecule has 2 nitrogen and oxygen atoms in total. The summed E-state index contributed by atoms with van der Waals surface area (Å²) >= 11 is 0. The van der Waals surface area contributed by atoms with Gasteiger partial charge in [0, 0.05) is 0 Å². The van der Waals surface area contributed by atoms with Crippen LogP contribution >= 0.6 is 0 Å². The second-order valence-corrected chi connectivity index (χ2v) is 2.50. The molecule has 0 spiro atoms. The van der Waals surface area contributed by atoms with Crippen LogP contribution in [0.25, 0.3) is 0 Å². The van der Waals surface area contributed by atoms with Gasteiger partial charge >= 0.3 is 5.97 Å². The van der Waals surface area contributed by atoms with E-state index < -0.39 is 11.9 Å². The van der Waals surface area contributed by atoms with E-state index >= 15 is 0 Å². The molecule has 0 amide bonds. The Labute approximate surface area is 67.2 Å². The van der Waals surface area contributed by atoms with Crippen LogP contribution in [0.4, 0.5) is 0 Å². The molecule has 0 saturated carbocycles. The Balaban J connectivity index is 4.23. The van der Waals surface area contributed by atoms with Crippen molar-refractivity contribution < 1.29 is 9.90 Å². The summed E-state index contributed by atoms with van der Waals surface area (Å²) in [6.45, 7) is 7.28. The lowest BCUT2D eigenvalue weighted by atomic mass is 10.0. The van der Waals surface area contributed by atoms with Crippen LogP contribution in [0.3, 0.4) is 0 Å². The first-order valence-corrected chi connectivity index (χ1v) is 3.64. The number of rotatable bonds is 4. The van der Waals surface area contributed by atoms with Crippen LogP contribution < -0.4 is 0 Å². The lowest BCUT2D eigenvalue weighted by Crippen LogP contribution is -2.11. The van der Waals surface area contributed by atoms with E-state index in [9.17, 15) is 4.79 Å². The van der Waals surface area contributed by atoms with E-state index in [2.05, 4.69) is 6.58 Å². The molecule has 1 N–H and O–H groups in total.